The standard InChI is InChI=1S/C21H21ClFN3O2/c22-16-6-4-14(5-7-16)11-18-21(28)26-9-8-25(13-19(26)20(27)24-18)12-15-2-1-3-17(23)10-15/h1-7,10,18-19H,8-9,11-13H2,(H,24,27)/t18-,19+/m0/s1. The van der Waals surface area contributed by atoms with Gasteiger partial charge in [0, 0.05) is 37.6 Å². The van der Waals surface area contributed by atoms with Gasteiger partial charge in [0.2, 0.25) is 11.8 Å². The van der Waals surface area contributed by atoms with Crippen molar-refractivity contribution in [3.8, 4) is 0 Å². The van der Waals surface area contributed by atoms with Gasteiger partial charge in [-0.1, -0.05) is 35.9 Å². The molecule has 2 aliphatic heterocycles. The number of nitrogens with zero attached hydrogens (tertiary/aromatic N) is 2. The van der Waals surface area contributed by atoms with Crippen LogP contribution in [0, 0.1) is 5.82 Å². The summed E-state index contributed by atoms with van der Waals surface area (Å²) in [6.07, 6.45) is 0.442. The molecule has 0 aliphatic carbocycles. The van der Waals surface area contributed by atoms with E-state index < -0.39 is 12.1 Å². The summed E-state index contributed by atoms with van der Waals surface area (Å²) in [4.78, 5) is 29.3. The summed E-state index contributed by atoms with van der Waals surface area (Å²) in [5, 5.41) is 3.51. The molecule has 0 saturated carbocycles. The van der Waals surface area contributed by atoms with Crippen molar-refractivity contribution in [2.75, 3.05) is 19.6 Å². The lowest BCUT2D eigenvalue weighted by Gasteiger charge is -2.45. The molecule has 2 amide bonds. The van der Waals surface area contributed by atoms with Crippen LogP contribution in [0.1, 0.15) is 11.1 Å². The quantitative estimate of drug-likeness (QED) is 0.854. The lowest BCUT2D eigenvalue weighted by Crippen LogP contribution is -2.69. The maximum Gasteiger partial charge on any atom is 0.246 e. The summed E-state index contributed by atoms with van der Waals surface area (Å²) < 4.78 is 13.4. The van der Waals surface area contributed by atoms with Gasteiger partial charge in [-0.15, -0.1) is 0 Å². The van der Waals surface area contributed by atoms with Crippen LogP contribution in [-0.2, 0) is 22.6 Å². The van der Waals surface area contributed by atoms with Crippen molar-refractivity contribution >= 4 is 23.4 Å². The van der Waals surface area contributed by atoms with E-state index in [2.05, 4.69) is 10.2 Å². The zero-order valence-electron chi connectivity index (χ0n) is 15.3. The Bertz CT molecular complexity index is 889. The van der Waals surface area contributed by atoms with Crippen molar-refractivity contribution in [3.05, 3.63) is 70.5 Å². The SMILES string of the molecule is O=C1N[C@@H](Cc2ccc(Cl)cc2)C(=O)N2CCN(Cc3cccc(F)c3)C[C@H]12. The number of nitrogens with one attached hydrogen (secondary N) is 1. The van der Waals surface area contributed by atoms with Gasteiger partial charge in [-0.2, -0.15) is 0 Å². The van der Waals surface area contributed by atoms with Crippen molar-refractivity contribution in [2.45, 2.75) is 25.0 Å². The molecule has 2 aromatic rings. The molecule has 1 N–H and O–H groups in total. The summed E-state index contributed by atoms with van der Waals surface area (Å²) in [6.45, 7) is 2.14. The van der Waals surface area contributed by atoms with Gasteiger partial charge in [0.1, 0.15) is 17.9 Å². The second kappa shape index (κ2) is 7.89. The minimum Gasteiger partial charge on any atom is -0.342 e. The number of carbonyl (C=O) groups excluding carboxylic acids is 2. The van der Waals surface area contributed by atoms with Gasteiger partial charge in [0.15, 0.2) is 0 Å². The Morgan fingerprint density at radius 2 is 1.86 bits per heavy atom. The van der Waals surface area contributed by atoms with Crippen LogP contribution < -0.4 is 5.32 Å². The molecule has 0 radical (unpaired) electrons. The van der Waals surface area contributed by atoms with Gasteiger partial charge in [0.05, 0.1) is 0 Å². The number of benzene rings is 2. The highest BCUT2D eigenvalue weighted by molar-refractivity contribution is 6.30. The molecule has 2 aromatic carbocycles. The molecular weight excluding hydrogens is 381 g/mol. The van der Waals surface area contributed by atoms with Gasteiger partial charge >= 0.3 is 0 Å². The van der Waals surface area contributed by atoms with Gasteiger partial charge in [-0.25, -0.2) is 4.39 Å². The topological polar surface area (TPSA) is 52.7 Å². The molecule has 4 rings (SSSR count). The van der Waals surface area contributed by atoms with Crippen LogP contribution in [0.5, 0.6) is 0 Å². The normalized spacial score (nSPS) is 22.7. The summed E-state index contributed by atoms with van der Waals surface area (Å²) in [5.74, 6) is -0.459. The molecule has 2 atom stereocenters. The number of halogens is 2. The molecule has 2 aliphatic rings. The Labute approximate surface area is 168 Å². The number of amides is 2. The number of rotatable bonds is 4. The predicted octanol–water partition coefficient (Wildman–Crippen LogP) is 2.23. The summed E-state index contributed by atoms with van der Waals surface area (Å²) >= 11 is 5.91. The van der Waals surface area contributed by atoms with Crippen LogP contribution in [-0.4, -0.2) is 53.3 Å². The van der Waals surface area contributed by atoms with E-state index >= 15 is 0 Å². The zero-order valence-corrected chi connectivity index (χ0v) is 16.0. The number of piperazine rings is 2. The molecular formula is C21H21ClFN3O2. The van der Waals surface area contributed by atoms with Crippen molar-refractivity contribution in [2.24, 2.45) is 0 Å². The van der Waals surface area contributed by atoms with Crippen molar-refractivity contribution in [3.63, 3.8) is 0 Å². The van der Waals surface area contributed by atoms with Crippen molar-refractivity contribution in [1.82, 2.24) is 15.1 Å². The van der Waals surface area contributed by atoms with Crippen LogP contribution in [0.25, 0.3) is 0 Å². The van der Waals surface area contributed by atoms with Gasteiger partial charge in [-0.05, 0) is 35.4 Å². The molecule has 7 heteroatoms. The molecule has 2 saturated heterocycles. The fourth-order valence-corrected chi connectivity index (χ4v) is 4.02. The van der Waals surface area contributed by atoms with Crippen molar-refractivity contribution in [1.29, 1.82) is 0 Å². The molecule has 2 fully saturated rings. The molecule has 0 bridgehead atoms. The third-order valence-electron chi connectivity index (χ3n) is 5.31. The average molecular weight is 402 g/mol. The minimum absolute atomic E-state index is 0.0510. The molecule has 0 spiro atoms. The number of carbonyl (C=O) groups is 2. The molecule has 0 unspecified atom stereocenters. The molecule has 28 heavy (non-hydrogen) atoms. The summed E-state index contributed by atoms with van der Waals surface area (Å²) in [5.41, 5.74) is 1.81. The monoisotopic (exact) mass is 401 g/mol. The number of fused-ring (bicyclic) bond motifs is 1. The van der Waals surface area contributed by atoms with Gasteiger partial charge < -0.3 is 10.2 Å². The van der Waals surface area contributed by atoms with Crippen molar-refractivity contribution < 1.29 is 14.0 Å². The Balaban J connectivity index is 1.41. The lowest BCUT2D eigenvalue weighted by atomic mass is 9.98. The van der Waals surface area contributed by atoms with E-state index in [1.54, 1.807) is 23.1 Å². The average Bonchev–Trinajstić information content (AvgIpc) is 2.68. The Kier molecular flexibility index (Phi) is 5.33. The van der Waals surface area contributed by atoms with E-state index in [1.807, 2.05) is 18.2 Å². The van der Waals surface area contributed by atoms with Crippen LogP contribution in [0.4, 0.5) is 4.39 Å². The third kappa shape index (κ3) is 4.03. The van der Waals surface area contributed by atoms with Gasteiger partial charge in [0.25, 0.3) is 0 Å². The lowest BCUT2D eigenvalue weighted by molar-refractivity contribution is -0.153. The minimum atomic E-state index is -0.556. The van der Waals surface area contributed by atoms with E-state index in [9.17, 15) is 14.0 Å². The summed E-state index contributed by atoms with van der Waals surface area (Å²) in [7, 11) is 0. The smallest absolute Gasteiger partial charge is 0.246 e. The van der Waals surface area contributed by atoms with E-state index in [-0.39, 0.29) is 17.6 Å². The van der Waals surface area contributed by atoms with E-state index in [0.717, 1.165) is 11.1 Å². The van der Waals surface area contributed by atoms with E-state index in [1.165, 1.54) is 12.1 Å². The third-order valence-corrected chi connectivity index (χ3v) is 5.57. The second-order valence-corrected chi connectivity index (χ2v) is 7.74. The first kappa shape index (κ1) is 18.9. The highest BCUT2D eigenvalue weighted by Crippen LogP contribution is 2.20. The second-order valence-electron chi connectivity index (χ2n) is 7.30. The fourth-order valence-electron chi connectivity index (χ4n) is 3.89. The first-order valence-electron chi connectivity index (χ1n) is 9.32. The maximum absolute atomic E-state index is 13.4. The number of hydrogen-bond donors (Lipinski definition) is 1. The zero-order chi connectivity index (χ0) is 19.7. The highest BCUT2D eigenvalue weighted by Gasteiger charge is 2.43. The van der Waals surface area contributed by atoms with Crippen LogP contribution in [0.15, 0.2) is 48.5 Å². The Morgan fingerprint density at radius 1 is 1.07 bits per heavy atom. The number of hydrogen-bond acceptors (Lipinski definition) is 3. The Hall–Kier alpha value is -2.44. The maximum atomic E-state index is 13.4. The van der Waals surface area contributed by atoms with Crippen LogP contribution >= 0.6 is 11.6 Å². The van der Waals surface area contributed by atoms with Crippen LogP contribution in [0.3, 0.4) is 0 Å². The predicted molar refractivity (Wildman–Crippen MR) is 104 cm³/mol. The largest absolute Gasteiger partial charge is 0.342 e. The Morgan fingerprint density at radius 3 is 2.61 bits per heavy atom. The van der Waals surface area contributed by atoms with Crippen LogP contribution in [0.2, 0.25) is 5.02 Å². The molecule has 146 valence electrons. The van der Waals surface area contributed by atoms with E-state index in [0.29, 0.717) is 37.6 Å². The molecule has 5 nitrogen and oxygen atoms in total. The highest BCUT2D eigenvalue weighted by atomic mass is 35.5. The van der Waals surface area contributed by atoms with Gasteiger partial charge in [-0.3, -0.25) is 14.5 Å². The molecule has 2 heterocycles. The first-order chi connectivity index (χ1) is 13.5. The fraction of sp³-hybridized carbons (Fsp3) is 0.333. The molecule has 0 aromatic heterocycles. The first-order valence-corrected chi connectivity index (χ1v) is 9.69. The summed E-state index contributed by atoms with van der Waals surface area (Å²) in [6, 6.07) is 12.7. The van der Waals surface area contributed by atoms with E-state index in [4.69, 9.17) is 11.6 Å².